The number of ether oxygens (including phenoxy) is 1. The zero-order valence-electron chi connectivity index (χ0n) is 10.7. The molecule has 0 fully saturated rings. The molecule has 0 heterocycles. The third kappa shape index (κ3) is 4.54. The van der Waals surface area contributed by atoms with Gasteiger partial charge < -0.3 is 4.74 Å². The van der Waals surface area contributed by atoms with Crippen LogP contribution in [0.1, 0.15) is 5.56 Å². The summed E-state index contributed by atoms with van der Waals surface area (Å²) in [6, 6.07) is 12.9. The predicted molar refractivity (Wildman–Crippen MR) is 81.9 cm³/mol. The van der Waals surface area contributed by atoms with Crippen molar-refractivity contribution in [3.8, 4) is 5.75 Å². The van der Waals surface area contributed by atoms with Gasteiger partial charge in [0.2, 0.25) is 0 Å². The number of hydrogen-bond donors (Lipinski definition) is 0. The van der Waals surface area contributed by atoms with Crippen LogP contribution in [0.4, 0.5) is 5.69 Å². The average molecular weight is 348 g/mol. The quantitative estimate of drug-likeness (QED) is 0.276. The number of carbonyl (C=O) groups excluding carboxylic acids is 1. The first kappa shape index (κ1) is 14.9. The number of nitro benzene ring substituents is 1. The topological polar surface area (TPSA) is 69.4 Å². The van der Waals surface area contributed by atoms with Crippen LogP contribution in [0, 0.1) is 10.1 Å². The minimum absolute atomic E-state index is 0.128. The van der Waals surface area contributed by atoms with E-state index < -0.39 is 10.9 Å². The first-order valence-electron chi connectivity index (χ1n) is 5.94. The van der Waals surface area contributed by atoms with Gasteiger partial charge >= 0.3 is 5.97 Å². The Hall–Kier alpha value is -2.47. The Morgan fingerprint density at radius 3 is 2.67 bits per heavy atom. The number of non-ortho nitro benzene ring substituents is 1. The molecule has 0 aliphatic heterocycles. The Morgan fingerprint density at radius 1 is 1.19 bits per heavy atom. The predicted octanol–water partition coefficient (Wildman–Crippen LogP) is 3.98. The summed E-state index contributed by atoms with van der Waals surface area (Å²) in [5.74, 6) is -0.469. The fourth-order valence-electron chi connectivity index (χ4n) is 1.59. The van der Waals surface area contributed by atoms with Gasteiger partial charge in [-0.3, -0.25) is 10.1 Å². The van der Waals surface area contributed by atoms with Crippen molar-refractivity contribution >= 4 is 33.7 Å². The molecule has 2 aromatic carbocycles. The van der Waals surface area contributed by atoms with Crippen LogP contribution < -0.4 is 4.74 Å². The molecule has 5 nitrogen and oxygen atoms in total. The Kier molecular flexibility index (Phi) is 4.84. The number of esters is 1. The molecule has 0 aliphatic rings. The molecular formula is C15H10BrNO4. The third-order valence-electron chi connectivity index (χ3n) is 2.51. The molecular weight excluding hydrogens is 338 g/mol. The number of nitro groups is 1. The van der Waals surface area contributed by atoms with Crippen LogP contribution in [0.15, 0.2) is 59.1 Å². The molecule has 2 aromatic rings. The van der Waals surface area contributed by atoms with Crippen LogP contribution in [0.3, 0.4) is 0 Å². The van der Waals surface area contributed by atoms with Crippen molar-refractivity contribution in [1.82, 2.24) is 0 Å². The minimum Gasteiger partial charge on any atom is -0.423 e. The standard InChI is InChI=1S/C15H10BrNO4/c16-12-4-1-3-11(9-12)7-8-15(18)21-14-6-2-5-13(10-14)17(19)20/h1-10H/b8-7+. The first-order chi connectivity index (χ1) is 10.0. The van der Waals surface area contributed by atoms with E-state index in [9.17, 15) is 14.9 Å². The summed E-state index contributed by atoms with van der Waals surface area (Å²) in [5.41, 5.74) is 0.705. The van der Waals surface area contributed by atoms with E-state index in [1.54, 1.807) is 6.08 Å². The minimum atomic E-state index is -0.601. The largest absolute Gasteiger partial charge is 0.423 e. The first-order valence-corrected chi connectivity index (χ1v) is 6.74. The lowest BCUT2D eigenvalue weighted by Gasteiger charge is -2.00. The lowest BCUT2D eigenvalue weighted by Crippen LogP contribution is -2.03. The van der Waals surface area contributed by atoms with Crippen LogP contribution in [-0.4, -0.2) is 10.9 Å². The van der Waals surface area contributed by atoms with Gasteiger partial charge in [-0.15, -0.1) is 0 Å². The second-order valence-corrected chi connectivity index (χ2v) is 4.98. The summed E-state index contributed by atoms with van der Waals surface area (Å²) in [7, 11) is 0. The van der Waals surface area contributed by atoms with Crippen LogP contribution >= 0.6 is 15.9 Å². The highest BCUT2D eigenvalue weighted by molar-refractivity contribution is 9.10. The molecule has 0 aliphatic carbocycles. The summed E-state index contributed by atoms with van der Waals surface area (Å²) in [5, 5.41) is 10.6. The molecule has 106 valence electrons. The van der Waals surface area contributed by atoms with Gasteiger partial charge in [-0.1, -0.05) is 34.1 Å². The summed E-state index contributed by atoms with van der Waals surface area (Å²) >= 11 is 3.33. The van der Waals surface area contributed by atoms with Crippen molar-refractivity contribution in [1.29, 1.82) is 0 Å². The Labute approximate surface area is 129 Å². The van der Waals surface area contributed by atoms with E-state index in [2.05, 4.69) is 15.9 Å². The number of carbonyl (C=O) groups is 1. The molecule has 21 heavy (non-hydrogen) atoms. The number of benzene rings is 2. The molecule has 2 rings (SSSR count). The van der Waals surface area contributed by atoms with Crippen molar-refractivity contribution in [3.05, 3.63) is 74.8 Å². The molecule has 0 spiro atoms. The van der Waals surface area contributed by atoms with Crippen LogP contribution in [0.5, 0.6) is 5.75 Å². The van der Waals surface area contributed by atoms with Crippen molar-refractivity contribution in [3.63, 3.8) is 0 Å². The molecule has 0 radical (unpaired) electrons. The van der Waals surface area contributed by atoms with Crippen molar-refractivity contribution in [2.75, 3.05) is 0 Å². The monoisotopic (exact) mass is 347 g/mol. The highest BCUT2D eigenvalue weighted by Crippen LogP contribution is 2.19. The van der Waals surface area contributed by atoms with Gasteiger partial charge in [0.15, 0.2) is 0 Å². The maximum absolute atomic E-state index is 11.7. The number of hydrogen-bond acceptors (Lipinski definition) is 4. The van der Waals surface area contributed by atoms with Gasteiger partial charge in [0.1, 0.15) is 5.75 Å². The zero-order valence-corrected chi connectivity index (χ0v) is 12.3. The lowest BCUT2D eigenvalue weighted by atomic mass is 10.2. The second-order valence-electron chi connectivity index (χ2n) is 4.06. The summed E-state index contributed by atoms with van der Waals surface area (Å²) < 4.78 is 5.91. The van der Waals surface area contributed by atoms with Gasteiger partial charge in [-0.25, -0.2) is 4.79 Å². The summed E-state index contributed by atoms with van der Waals surface area (Å²) in [4.78, 5) is 21.7. The van der Waals surface area contributed by atoms with Crippen molar-refractivity contribution < 1.29 is 14.5 Å². The maximum Gasteiger partial charge on any atom is 0.336 e. The lowest BCUT2D eigenvalue weighted by molar-refractivity contribution is -0.384. The van der Waals surface area contributed by atoms with E-state index in [0.29, 0.717) is 0 Å². The molecule has 0 amide bonds. The summed E-state index contributed by atoms with van der Waals surface area (Å²) in [6.45, 7) is 0. The number of rotatable bonds is 4. The number of halogens is 1. The molecule has 0 aromatic heterocycles. The smallest absolute Gasteiger partial charge is 0.336 e. The van der Waals surface area contributed by atoms with E-state index in [1.807, 2.05) is 24.3 Å². The van der Waals surface area contributed by atoms with Gasteiger partial charge in [0.05, 0.1) is 11.0 Å². The maximum atomic E-state index is 11.7. The van der Waals surface area contributed by atoms with Crippen LogP contribution in [0.2, 0.25) is 0 Å². The number of nitrogens with zero attached hydrogens (tertiary/aromatic N) is 1. The molecule has 0 unspecified atom stereocenters. The fraction of sp³-hybridized carbons (Fsp3) is 0. The highest BCUT2D eigenvalue weighted by Gasteiger charge is 2.08. The van der Waals surface area contributed by atoms with E-state index in [-0.39, 0.29) is 11.4 Å². The highest BCUT2D eigenvalue weighted by atomic mass is 79.9. The van der Waals surface area contributed by atoms with Crippen LogP contribution in [0.25, 0.3) is 6.08 Å². The molecule has 0 saturated carbocycles. The van der Waals surface area contributed by atoms with E-state index in [1.165, 1.54) is 30.3 Å². The fourth-order valence-corrected chi connectivity index (χ4v) is 2.00. The van der Waals surface area contributed by atoms with Crippen LogP contribution in [-0.2, 0) is 4.79 Å². The molecule has 6 heteroatoms. The normalized spacial score (nSPS) is 10.5. The van der Waals surface area contributed by atoms with Crippen molar-refractivity contribution in [2.45, 2.75) is 0 Å². The Balaban J connectivity index is 2.05. The average Bonchev–Trinajstić information content (AvgIpc) is 2.45. The van der Waals surface area contributed by atoms with Gasteiger partial charge in [0.25, 0.3) is 5.69 Å². The molecule has 0 N–H and O–H groups in total. The molecule has 0 bridgehead atoms. The van der Waals surface area contributed by atoms with Gasteiger partial charge in [-0.05, 0) is 29.8 Å². The second kappa shape index (κ2) is 6.81. The molecule has 0 saturated heterocycles. The van der Waals surface area contributed by atoms with E-state index >= 15 is 0 Å². The zero-order chi connectivity index (χ0) is 15.2. The Bertz CT molecular complexity index is 712. The van der Waals surface area contributed by atoms with Gasteiger partial charge in [0, 0.05) is 16.6 Å². The van der Waals surface area contributed by atoms with Gasteiger partial charge in [-0.2, -0.15) is 0 Å². The Morgan fingerprint density at radius 2 is 1.95 bits per heavy atom. The van der Waals surface area contributed by atoms with E-state index in [0.717, 1.165) is 10.0 Å². The van der Waals surface area contributed by atoms with Crippen molar-refractivity contribution in [2.24, 2.45) is 0 Å². The molecule has 0 atom stereocenters. The summed E-state index contributed by atoms with van der Waals surface area (Å²) in [6.07, 6.45) is 2.87. The van der Waals surface area contributed by atoms with E-state index in [4.69, 9.17) is 4.74 Å². The third-order valence-corrected chi connectivity index (χ3v) is 3.00. The SMILES string of the molecule is O=C(/C=C/c1cccc(Br)c1)Oc1cccc([N+](=O)[O-])c1.